The summed E-state index contributed by atoms with van der Waals surface area (Å²) in [6.07, 6.45) is 2.58. The lowest BCUT2D eigenvalue weighted by atomic mass is 10.1. The van der Waals surface area contributed by atoms with Gasteiger partial charge in [0.05, 0.1) is 6.20 Å². The van der Waals surface area contributed by atoms with Crippen LogP contribution in [0.15, 0.2) is 48.7 Å². The van der Waals surface area contributed by atoms with Crippen LogP contribution in [0.1, 0.15) is 24.5 Å². The molecule has 1 heterocycles. The Morgan fingerprint density at radius 2 is 1.94 bits per heavy atom. The van der Waals surface area contributed by atoms with E-state index >= 15 is 0 Å². The molecule has 0 fully saturated rings. The summed E-state index contributed by atoms with van der Waals surface area (Å²) in [5.41, 5.74) is 8.32. The van der Waals surface area contributed by atoms with Gasteiger partial charge in [-0.15, -0.1) is 0 Å². The van der Waals surface area contributed by atoms with E-state index in [0.29, 0.717) is 31.0 Å². The van der Waals surface area contributed by atoms with E-state index in [1.54, 1.807) is 6.07 Å². The molecular weight excluding hydrogens is 412 g/mol. The molecule has 170 valence electrons. The summed E-state index contributed by atoms with van der Waals surface area (Å²) in [5.74, 6) is -1.24. The molecule has 2 aromatic carbocycles. The number of nitrogens with two attached hydrogens (primary N) is 1. The lowest BCUT2D eigenvalue weighted by Crippen LogP contribution is -2.25. The van der Waals surface area contributed by atoms with Gasteiger partial charge in [0, 0.05) is 18.7 Å². The Kier molecular flexibility index (Phi) is 8.47. The Bertz CT molecular complexity index is 1030. The zero-order valence-corrected chi connectivity index (χ0v) is 18.2. The monoisotopic (exact) mass is 441 g/mol. The quantitative estimate of drug-likeness (QED) is 0.418. The van der Waals surface area contributed by atoms with Gasteiger partial charge in [-0.25, -0.2) is 18.7 Å². The molecule has 0 spiro atoms. The summed E-state index contributed by atoms with van der Waals surface area (Å²) < 4.78 is 28.0. The second-order valence-electron chi connectivity index (χ2n) is 7.56. The maximum atomic E-state index is 14.5. The summed E-state index contributed by atoms with van der Waals surface area (Å²) >= 11 is 0. The summed E-state index contributed by atoms with van der Waals surface area (Å²) in [5, 5.41) is 12.3. The molecule has 0 aliphatic rings. The van der Waals surface area contributed by atoms with Crippen molar-refractivity contribution in [3.63, 3.8) is 0 Å². The molecule has 3 rings (SSSR count). The molecule has 0 bridgehead atoms. The molecule has 1 aromatic heterocycles. The van der Waals surface area contributed by atoms with Crippen molar-refractivity contribution in [3.8, 4) is 17.0 Å². The Hall–Kier alpha value is -3.10. The van der Waals surface area contributed by atoms with E-state index in [2.05, 4.69) is 27.1 Å². The lowest BCUT2D eigenvalue weighted by Gasteiger charge is -2.20. The fourth-order valence-corrected chi connectivity index (χ4v) is 3.42. The van der Waals surface area contributed by atoms with Crippen LogP contribution in [-0.4, -0.2) is 46.2 Å². The highest BCUT2D eigenvalue weighted by atomic mass is 19.1. The maximum absolute atomic E-state index is 14.5. The van der Waals surface area contributed by atoms with Crippen LogP contribution in [-0.2, 0) is 13.0 Å². The van der Waals surface area contributed by atoms with Crippen molar-refractivity contribution in [2.24, 2.45) is 5.73 Å². The molecular formula is C24H29F2N5O. The van der Waals surface area contributed by atoms with Crippen LogP contribution in [0.25, 0.3) is 11.3 Å². The minimum absolute atomic E-state index is 0.227. The SMILES string of the molecule is CCN(CCCN)Cc1cccc(-c2nc(NCCc3ccc(O)c(F)c3)ncc2F)c1. The summed E-state index contributed by atoms with van der Waals surface area (Å²) in [4.78, 5) is 10.7. The van der Waals surface area contributed by atoms with E-state index in [4.69, 9.17) is 5.73 Å². The molecule has 0 saturated carbocycles. The molecule has 0 aliphatic heterocycles. The molecule has 8 heteroatoms. The zero-order chi connectivity index (χ0) is 22.9. The highest BCUT2D eigenvalue weighted by molar-refractivity contribution is 5.61. The summed E-state index contributed by atoms with van der Waals surface area (Å²) in [6, 6.07) is 11.9. The normalized spacial score (nSPS) is 11.2. The molecule has 0 unspecified atom stereocenters. The van der Waals surface area contributed by atoms with Crippen LogP contribution in [0, 0.1) is 11.6 Å². The Balaban J connectivity index is 1.69. The Labute approximate surface area is 187 Å². The van der Waals surface area contributed by atoms with E-state index < -0.39 is 11.6 Å². The van der Waals surface area contributed by atoms with Crippen LogP contribution in [0.5, 0.6) is 5.75 Å². The molecule has 6 nitrogen and oxygen atoms in total. The van der Waals surface area contributed by atoms with Crippen molar-refractivity contribution >= 4 is 5.95 Å². The van der Waals surface area contributed by atoms with Gasteiger partial charge in [0.25, 0.3) is 0 Å². The standard InChI is InChI=1S/C24H29F2N5O/c1-2-31(12-4-10-27)16-18-5-3-6-19(13-18)23-21(26)15-29-24(30-23)28-11-9-17-7-8-22(32)20(25)14-17/h3,5-8,13-15,32H,2,4,9-12,16,27H2,1H3,(H,28,29,30). The fraction of sp³-hybridized carbons (Fsp3) is 0.333. The van der Waals surface area contributed by atoms with Crippen molar-refractivity contribution in [2.45, 2.75) is 26.3 Å². The maximum Gasteiger partial charge on any atom is 0.223 e. The van der Waals surface area contributed by atoms with Crippen LogP contribution in [0.4, 0.5) is 14.7 Å². The fourth-order valence-electron chi connectivity index (χ4n) is 3.42. The molecule has 3 aromatic rings. The van der Waals surface area contributed by atoms with Crippen molar-refractivity contribution in [1.82, 2.24) is 14.9 Å². The number of aromatic nitrogens is 2. The molecule has 0 amide bonds. The first-order valence-corrected chi connectivity index (χ1v) is 10.8. The van der Waals surface area contributed by atoms with Crippen molar-refractivity contribution in [1.29, 1.82) is 0 Å². The van der Waals surface area contributed by atoms with Crippen LogP contribution < -0.4 is 11.1 Å². The minimum atomic E-state index is -0.660. The van der Waals surface area contributed by atoms with Gasteiger partial charge < -0.3 is 16.2 Å². The van der Waals surface area contributed by atoms with E-state index in [1.165, 1.54) is 12.1 Å². The predicted molar refractivity (Wildman–Crippen MR) is 122 cm³/mol. The van der Waals surface area contributed by atoms with Crippen LogP contribution in [0.3, 0.4) is 0 Å². The summed E-state index contributed by atoms with van der Waals surface area (Å²) in [6.45, 7) is 5.77. The number of anilines is 1. The number of phenols is 1. The Morgan fingerprint density at radius 1 is 1.09 bits per heavy atom. The number of hydrogen-bond donors (Lipinski definition) is 3. The number of phenolic OH excluding ortho intramolecular Hbond substituents is 1. The first kappa shape index (κ1) is 23.6. The van der Waals surface area contributed by atoms with E-state index in [-0.39, 0.29) is 11.4 Å². The summed E-state index contributed by atoms with van der Waals surface area (Å²) in [7, 11) is 0. The zero-order valence-electron chi connectivity index (χ0n) is 18.2. The average Bonchev–Trinajstić information content (AvgIpc) is 2.80. The second-order valence-corrected chi connectivity index (χ2v) is 7.56. The smallest absolute Gasteiger partial charge is 0.223 e. The van der Waals surface area contributed by atoms with Gasteiger partial charge in [-0.05, 0) is 61.8 Å². The van der Waals surface area contributed by atoms with Gasteiger partial charge in [0.1, 0.15) is 5.69 Å². The van der Waals surface area contributed by atoms with E-state index in [1.807, 2.05) is 24.3 Å². The largest absolute Gasteiger partial charge is 0.505 e. The van der Waals surface area contributed by atoms with Gasteiger partial charge in [-0.2, -0.15) is 0 Å². The third-order valence-corrected chi connectivity index (χ3v) is 5.19. The third-order valence-electron chi connectivity index (χ3n) is 5.19. The number of benzene rings is 2. The Morgan fingerprint density at radius 3 is 2.69 bits per heavy atom. The lowest BCUT2D eigenvalue weighted by molar-refractivity contribution is 0.278. The van der Waals surface area contributed by atoms with E-state index in [9.17, 15) is 13.9 Å². The molecule has 0 atom stereocenters. The number of hydrogen-bond acceptors (Lipinski definition) is 6. The molecule has 0 saturated heterocycles. The van der Waals surface area contributed by atoms with Crippen molar-refractivity contribution in [2.75, 3.05) is 31.5 Å². The topological polar surface area (TPSA) is 87.3 Å². The number of halogens is 2. The number of rotatable bonds is 11. The molecule has 32 heavy (non-hydrogen) atoms. The van der Waals surface area contributed by atoms with Gasteiger partial charge >= 0.3 is 0 Å². The van der Waals surface area contributed by atoms with Gasteiger partial charge in [0.15, 0.2) is 17.4 Å². The highest BCUT2D eigenvalue weighted by Gasteiger charge is 2.12. The van der Waals surface area contributed by atoms with Crippen molar-refractivity contribution in [3.05, 3.63) is 71.4 Å². The first-order valence-electron chi connectivity index (χ1n) is 10.8. The average molecular weight is 442 g/mol. The third kappa shape index (κ3) is 6.45. The van der Waals surface area contributed by atoms with Gasteiger partial charge in [-0.1, -0.05) is 31.2 Å². The first-order chi connectivity index (χ1) is 15.5. The molecule has 0 radical (unpaired) electrons. The van der Waals surface area contributed by atoms with E-state index in [0.717, 1.165) is 43.4 Å². The molecule has 4 N–H and O–H groups in total. The minimum Gasteiger partial charge on any atom is -0.505 e. The number of nitrogens with one attached hydrogen (secondary N) is 1. The second kappa shape index (κ2) is 11.5. The van der Waals surface area contributed by atoms with Crippen LogP contribution >= 0.6 is 0 Å². The van der Waals surface area contributed by atoms with Crippen molar-refractivity contribution < 1.29 is 13.9 Å². The van der Waals surface area contributed by atoms with Gasteiger partial charge in [-0.3, -0.25) is 4.90 Å². The number of nitrogens with zero attached hydrogens (tertiary/aromatic N) is 3. The highest BCUT2D eigenvalue weighted by Crippen LogP contribution is 2.23. The van der Waals surface area contributed by atoms with Crippen LogP contribution in [0.2, 0.25) is 0 Å². The predicted octanol–water partition coefficient (Wildman–Crippen LogP) is 3.95. The number of aromatic hydroxyl groups is 1. The molecule has 0 aliphatic carbocycles. The van der Waals surface area contributed by atoms with Gasteiger partial charge in [0.2, 0.25) is 5.95 Å².